The SMILES string of the molecule is CCOC(=O)[C@H]1C2CCC(CC2)[C@@H]1Nc1nc(-c2cn(C(c3ccccc3)(c3ccccc3)c3ccccc3)c3ncc(C)nc23)nc(-c2cccs2)c1F. The molecule has 0 amide bonds. The zero-order valence-corrected chi connectivity index (χ0v) is 31.5. The molecule has 2 atom stereocenters. The number of carbonyl (C=O) groups is 1. The van der Waals surface area contributed by atoms with Crippen molar-refractivity contribution in [3.63, 3.8) is 0 Å². The highest BCUT2D eigenvalue weighted by atomic mass is 32.1. The highest BCUT2D eigenvalue weighted by molar-refractivity contribution is 7.13. The van der Waals surface area contributed by atoms with E-state index < -0.39 is 11.4 Å². The number of nitrogens with zero attached hydrogens (tertiary/aromatic N) is 5. The fourth-order valence-corrected chi connectivity index (χ4v) is 9.79. The van der Waals surface area contributed by atoms with E-state index in [4.69, 9.17) is 24.7 Å². The summed E-state index contributed by atoms with van der Waals surface area (Å²) in [6.07, 6.45) is 7.67. The van der Waals surface area contributed by atoms with Gasteiger partial charge in [-0.3, -0.25) is 4.79 Å². The Hall–Kier alpha value is -5.74. The lowest BCUT2D eigenvalue weighted by atomic mass is 9.61. The van der Waals surface area contributed by atoms with Crippen LogP contribution in [0.25, 0.3) is 33.1 Å². The summed E-state index contributed by atoms with van der Waals surface area (Å²) >= 11 is 1.42. The van der Waals surface area contributed by atoms with E-state index in [2.05, 4.69) is 46.3 Å². The maximum Gasteiger partial charge on any atom is 0.311 e. The lowest BCUT2D eigenvalue weighted by Crippen LogP contribution is -2.52. The minimum atomic E-state index is -0.893. The molecule has 3 saturated carbocycles. The highest BCUT2D eigenvalue weighted by Gasteiger charge is 2.48. The van der Waals surface area contributed by atoms with Crippen LogP contribution in [-0.4, -0.2) is 43.1 Å². The molecule has 10 rings (SSSR count). The summed E-state index contributed by atoms with van der Waals surface area (Å²) < 4.78 is 24.7. The Labute approximate surface area is 323 Å². The average molecular weight is 749 g/mol. The van der Waals surface area contributed by atoms with Crippen molar-refractivity contribution in [2.24, 2.45) is 17.8 Å². The van der Waals surface area contributed by atoms with E-state index in [1.807, 2.05) is 92.2 Å². The summed E-state index contributed by atoms with van der Waals surface area (Å²) in [6.45, 7) is 4.04. The van der Waals surface area contributed by atoms with Gasteiger partial charge in [-0.25, -0.2) is 24.3 Å². The molecule has 8 nitrogen and oxygen atoms in total. The third-order valence-electron chi connectivity index (χ3n) is 11.5. The lowest BCUT2D eigenvalue weighted by molar-refractivity contribution is -0.154. The number of aryl methyl sites for hydroxylation is 1. The van der Waals surface area contributed by atoms with Crippen LogP contribution in [0.4, 0.5) is 10.2 Å². The number of ether oxygens (including phenoxy) is 1. The summed E-state index contributed by atoms with van der Waals surface area (Å²) in [5.41, 5.74) is 4.95. The molecule has 7 aromatic rings. The van der Waals surface area contributed by atoms with Crippen LogP contribution < -0.4 is 5.32 Å². The molecular weight excluding hydrogens is 708 g/mol. The van der Waals surface area contributed by atoms with Gasteiger partial charge in [-0.1, -0.05) is 97.1 Å². The smallest absolute Gasteiger partial charge is 0.311 e. The van der Waals surface area contributed by atoms with Crippen molar-refractivity contribution in [1.82, 2.24) is 24.5 Å². The van der Waals surface area contributed by atoms with Gasteiger partial charge in [0.2, 0.25) is 0 Å². The normalized spacial score (nSPS) is 19.4. The van der Waals surface area contributed by atoms with Crippen LogP contribution in [0.15, 0.2) is 121 Å². The van der Waals surface area contributed by atoms with E-state index >= 15 is 4.39 Å². The Balaban J connectivity index is 1.29. The monoisotopic (exact) mass is 748 g/mol. The summed E-state index contributed by atoms with van der Waals surface area (Å²) in [5, 5.41) is 5.40. The largest absolute Gasteiger partial charge is 0.466 e. The molecule has 4 aromatic heterocycles. The third-order valence-corrected chi connectivity index (χ3v) is 12.4. The van der Waals surface area contributed by atoms with Crippen molar-refractivity contribution in [1.29, 1.82) is 0 Å². The molecule has 2 bridgehead atoms. The summed E-state index contributed by atoms with van der Waals surface area (Å²) in [5.74, 6) is -0.394. The fourth-order valence-electron chi connectivity index (χ4n) is 9.09. The number of carbonyl (C=O) groups excluding carboxylic acids is 1. The molecule has 4 heterocycles. The number of fused-ring (bicyclic) bond motifs is 4. The van der Waals surface area contributed by atoms with Crippen LogP contribution in [0.1, 0.15) is 55.0 Å². The number of hydrogen-bond acceptors (Lipinski definition) is 8. The van der Waals surface area contributed by atoms with E-state index in [9.17, 15) is 4.79 Å². The molecule has 0 unspecified atom stereocenters. The summed E-state index contributed by atoms with van der Waals surface area (Å²) in [4.78, 5) is 34.2. The van der Waals surface area contributed by atoms with Gasteiger partial charge in [0.25, 0.3) is 0 Å². The zero-order chi connectivity index (χ0) is 37.5. The topological polar surface area (TPSA) is 94.8 Å². The highest BCUT2D eigenvalue weighted by Crippen LogP contribution is 2.48. The van der Waals surface area contributed by atoms with Gasteiger partial charge >= 0.3 is 5.97 Å². The number of aromatic nitrogens is 5. The maximum absolute atomic E-state index is 16.9. The predicted molar refractivity (Wildman–Crippen MR) is 214 cm³/mol. The number of hydrogen-bond donors (Lipinski definition) is 1. The van der Waals surface area contributed by atoms with Crippen molar-refractivity contribution >= 4 is 34.3 Å². The third kappa shape index (κ3) is 5.99. The first-order chi connectivity index (χ1) is 27.0. The Morgan fingerprint density at radius 2 is 1.47 bits per heavy atom. The van der Waals surface area contributed by atoms with Gasteiger partial charge in [-0.15, -0.1) is 11.3 Å². The first kappa shape index (κ1) is 35.0. The molecule has 0 spiro atoms. The van der Waals surface area contributed by atoms with Gasteiger partial charge in [0.15, 0.2) is 23.1 Å². The predicted octanol–water partition coefficient (Wildman–Crippen LogP) is 9.68. The summed E-state index contributed by atoms with van der Waals surface area (Å²) in [7, 11) is 0. The van der Waals surface area contributed by atoms with Gasteiger partial charge in [-0.2, -0.15) is 0 Å². The first-order valence-corrected chi connectivity index (χ1v) is 19.9. The van der Waals surface area contributed by atoms with Gasteiger partial charge in [0.05, 0.1) is 34.9 Å². The minimum Gasteiger partial charge on any atom is -0.466 e. The molecule has 0 saturated heterocycles. The minimum absolute atomic E-state index is 0.0715. The van der Waals surface area contributed by atoms with E-state index in [-0.39, 0.29) is 41.3 Å². The molecule has 3 fully saturated rings. The van der Waals surface area contributed by atoms with Gasteiger partial charge < -0.3 is 14.6 Å². The van der Waals surface area contributed by atoms with Crippen molar-refractivity contribution in [2.75, 3.05) is 11.9 Å². The molecule has 3 aliphatic rings. The second-order valence-corrected chi connectivity index (χ2v) is 15.5. The molecule has 3 aliphatic carbocycles. The number of rotatable bonds is 10. The van der Waals surface area contributed by atoms with Crippen molar-refractivity contribution in [3.8, 4) is 22.0 Å². The van der Waals surface area contributed by atoms with E-state index in [0.29, 0.717) is 34.0 Å². The van der Waals surface area contributed by atoms with Crippen LogP contribution in [0.3, 0.4) is 0 Å². The second-order valence-electron chi connectivity index (χ2n) is 14.6. The van der Waals surface area contributed by atoms with Crippen LogP contribution in [0.2, 0.25) is 0 Å². The Bertz CT molecular complexity index is 2350. The number of halogens is 1. The second kappa shape index (κ2) is 14.5. The molecule has 1 N–H and O–H groups in total. The fraction of sp³-hybridized carbons (Fsp3) is 0.267. The number of esters is 1. The molecule has 55 heavy (non-hydrogen) atoms. The number of benzene rings is 3. The quantitative estimate of drug-likeness (QED) is 0.110. The van der Waals surface area contributed by atoms with Crippen molar-refractivity contribution in [2.45, 2.75) is 51.1 Å². The Morgan fingerprint density at radius 1 is 0.855 bits per heavy atom. The number of nitrogens with one attached hydrogen (secondary N) is 1. The standard InChI is InChI=1S/C45H41FN6O2S/c1-3-54-44(53)36-29-21-23-30(24-22-29)38(36)49-42-37(46)40(35-20-13-25-55-35)50-41(51-42)34-27-52(43-39(34)48-28(2)26-47-43)45(31-14-7-4-8-15-31,32-16-9-5-10-17-32)33-18-11-6-12-19-33/h4-20,25-27,29-30,36,38H,3,21-24H2,1-2H3,(H,49,50,51)/t29?,30?,36-,38-/m0/s1. The molecular formula is C45H41FN6O2S. The van der Waals surface area contributed by atoms with Gasteiger partial charge in [0.1, 0.15) is 16.7 Å². The van der Waals surface area contributed by atoms with Crippen LogP contribution in [-0.2, 0) is 15.1 Å². The van der Waals surface area contributed by atoms with Crippen molar-refractivity contribution in [3.05, 3.63) is 149 Å². The molecule has 0 aliphatic heterocycles. The molecule has 3 aromatic carbocycles. The lowest BCUT2D eigenvalue weighted by Gasteiger charge is -2.47. The van der Waals surface area contributed by atoms with Crippen LogP contribution >= 0.6 is 11.3 Å². The number of anilines is 1. The number of thiophene rings is 1. The van der Waals surface area contributed by atoms with E-state index in [1.54, 1.807) is 6.20 Å². The first-order valence-electron chi connectivity index (χ1n) is 19.0. The van der Waals surface area contributed by atoms with Crippen LogP contribution in [0, 0.1) is 30.5 Å². The van der Waals surface area contributed by atoms with E-state index in [0.717, 1.165) is 48.1 Å². The molecule has 276 valence electrons. The van der Waals surface area contributed by atoms with Gasteiger partial charge in [-0.05, 0) is 79.5 Å². The van der Waals surface area contributed by atoms with Crippen LogP contribution in [0.5, 0.6) is 0 Å². The van der Waals surface area contributed by atoms with Gasteiger partial charge in [0, 0.05) is 12.2 Å². The maximum atomic E-state index is 16.9. The average Bonchev–Trinajstić information content (AvgIpc) is 3.90. The molecule has 0 radical (unpaired) electrons. The molecule has 10 heteroatoms. The Morgan fingerprint density at radius 3 is 2.05 bits per heavy atom. The Kier molecular flexibility index (Phi) is 9.22. The zero-order valence-electron chi connectivity index (χ0n) is 30.7. The summed E-state index contributed by atoms with van der Waals surface area (Å²) in [6, 6.07) is 34.6. The van der Waals surface area contributed by atoms with Crippen molar-refractivity contribution < 1.29 is 13.9 Å². The van der Waals surface area contributed by atoms with E-state index in [1.165, 1.54) is 11.3 Å².